The van der Waals surface area contributed by atoms with Crippen molar-refractivity contribution in [1.29, 1.82) is 0 Å². The van der Waals surface area contributed by atoms with Gasteiger partial charge in [-0.05, 0) is 32.2 Å². The molecule has 2 aliphatic heterocycles. The second kappa shape index (κ2) is 5.86. The van der Waals surface area contributed by atoms with E-state index >= 15 is 0 Å². The predicted octanol–water partition coefficient (Wildman–Crippen LogP) is 2.87. The van der Waals surface area contributed by atoms with Crippen LogP contribution in [-0.4, -0.2) is 24.8 Å². The van der Waals surface area contributed by atoms with Crippen LogP contribution in [0.5, 0.6) is 0 Å². The molecule has 0 amide bonds. The molecule has 88 valence electrons. The third-order valence-electron chi connectivity index (χ3n) is 3.79. The minimum absolute atomic E-state index is 0.547. The van der Waals surface area contributed by atoms with Crippen LogP contribution in [0.2, 0.25) is 0 Å². The van der Waals surface area contributed by atoms with Gasteiger partial charge in [0.1, 0.15) is 0 Å². The molecule has 0 aliphatic carbocycles. The molecule has 2 rings (SSSR count). The van der Waals surface area contributed by atoms with Gasteiger partial charge in [-0.3, -0.25) is 0 Å². The van der Waals surface area contributed by atoms with Crippen molar-refractivity contribution >= 4 is 0 Å². The van der Waals surface area contributed by atoms with E-state index in [1.54, 1.807) is 0 Å². The van der Waals surface area contributed by atoms with Crippen LogP contribution in [0.4, 0.5) is 0 Å². The molecular weight excluding hydrogens is 186 g/mol. The molecule has 1 N–H and O–H groups in total. The fourth-order valence-corrected chi connectivity index (χ4v) is 2.87. The highest BCUT2D eigenvalue weighted by Crippen LogP contribution is 2.34. The van der Waals surface area contributed by atoms with Crippen LogP contribution >= 0.6 is 0 Å². The molecule has 2 heteroatoms. The zero-order valence-corrected chi connectivity index (χ0v) is 10.0. The van der Waals surface area contributed by atoms with Gasteiger partial charge in [0, 0.05) is 6.04 Å². The Morgan fingerprint density at radius 3 is 2.67 bits per heavy atom. The Hall–Kier alpha value is -0.0800. The van der Waals surface area contributed by atoms with Crippen LogP contribution in [0.1, 0.15) is 58.3 Å². The summed E-state index contributed by atoms with van der Waals surface area (Å²) in [5.74, 6) is 0. The molecule has 0 aromatic rings. The molecule has 0 spiro atoms. The summed E-state index contributed by atoms with van der Waals surface area (Å²) in [5.41, 5.74) is 0. The summed E-state index contributed by atoms with van der Waals surface area (Å²) >= 11 is 0. The maximum atomic E-state index is 5.82. The monoisotopic (exact) mass is 211 g/mol. The molecule has 0 radical (unpaired) electrons. The Balaban J connectivity index is 1.48. The minimum atomic E-state index is 0.547. The fourth-order valence-electron chi connectivity index (χ4n) is 2.87. The highest BCUT2D eigenvalue weighted by atomic mass is 16.5. The number of hydrogen-bond donors (Lipinski definition) is 1. The van der Waals surface area contributed by atoms with E-state index in [9.17, 15) is 0 Å². The Morgan fingerprint density at radius 2 is 2.00 bits per heavy atom. The number of fused-ring (bicyclic) bond motifs is 2. The van der Waals surface area contributed by atoms with Gasteiger partial charge in [0.05, 0.1) is 12.2 Å². The maximum Gasteiger partial charge on any atom is 0.0733 e. The summed E-state index contributed by atoms with van der Waals surface area (Å²) in [6.45, 7) is 3.46. The van der Waals surface area contributed by atoms with Crippen molar-refractivity contribution in [1.82, 2.24) is 5.32 Å². The van der Waals surface area contributed by atoms with Gasteiger partial charge in [-0.15, -0.1) is 0 Å². The largest absolute Gasteiger partial charge is 0.373 e. The van der Waals surface area contributed by atoms with Crippen LogP contribution in [0, 0.1) is 0 Å². The van der Waals surface area contributed by atoms with E-state index < -0.39 is 0 Å². The Kier molecular flexibility index (Phi) is 4.45. The zero-order valence-electron chi connectivity index (χ0n) is 10.0. The standard InChI is InChI=1S/C13H25NO/c1-2-3-4-5-6-9-14-12-10-11-7-8-13(12)15-11/h11-14H,2-10H2,1H3. The number of ether oxygens (including phenoxy) is 1. The van der Waals surface area contributed by atoms with E-state index in [0.29, 0.717) is 18.2 Å². The molecule has 0 saturated carbocycles. The molecule has 0 aromatic carbocycles. The SMILES string of the molecule is CCCCCCCNC1CC2CCC1O2. The second-order valence-electron chi connectivity index (χ2n) is 5.08. The van der Waals surface area contributed by atoms with Crippen LogP contribution in [-0.2, 0) is 4.74 Å². The molecule has 2 nitrogen and oxygen atoms in total. The summed E-state index contributed by atoms with van der Waals surface area (Å²) in [6.07, 6.45) is 11.9. The first-order chi connectivity index (χ1) is 7.40. The lowest BCUT2D eigenvalue weighted by molar-refractivity contribution is 0.0974. The van der Waals surface area contributed by atoms with Gasteiger partial charge >= 0.3 is 0 Å². The van der Waals surface area contributed by atoms with Gasteiger partial charge in [0.25, 0.3) is 0 Å². The van der Waals surface area contributed by atoms with Crippen LogP contribution in [0.3, 0.4) is 0 Å². The summed E-state index contributed by atoms with van der Waals surface area (Å²) in [6, 6.07) is 0.676. The topological polar surface area (TPSA) is 21.3 Å². The smallest absolute Gasteiger partial charge is 0.0733 e. The molecule has 15 heavy (non-hydrogen) atoms. The van der Waals surface area contributed by atoms with Crippen molar-refractivity contribution in [3.8, 4) is 0 Å². The van der Waals surface area contributed by atoms with E-state index in [4.69, 9.17) is 4.74 Å². The van der Waals surface area contributed by atoms with Crippen molar-refractivity contribution in [2.75, 3.05) is 6.54 Å². The van der Waals surface area contributed by atoms with E-state index in [1.165, 1.54) is 57.9 Å². The lowest BCUT2D eigenvalue weighted by Crippen LogP contribution is -2.37. The van der Waals surface area contributed by atoms with Crippen LogP contribution in [0.25, 0.3) is 0 Å². The Morgan fingerprint density at radius 1 is 1.13 bits per heavy atom. The number of hydrogen-bond acceptors (Lipinski definition) is 2. The van der Waals surface area contributed by atoms with E-state index in [2.05, 4.69) is 12.2 Å². The molecule has 2 fully saturated rings. The van der Waals surface area contributed by atoms with Gasteiger partial charge in [-0.2, -0.15) is 0 Å². The van der Waals surface area contributed by atoms with E-state index in [1.807, 2.05) is 0 Å². The van der Waals surface area contributed by atoms with Gasteiger partial charge in [0.2, 0.25) is 0 Å². The third-order valence-corrected chi connectivity index (χ3v) is 3.79. The summed E-state index contributed by atoms with van der Waals surface area (Å²) in [5, 5.41) is 3.66. The molecule has 2 saturated heterocycles. The molecule has 0 aromatic heterocycles. The lowest BCUT2D eigenvalue weighted by Gasteiger charge is -2.19. The predicted molar refractivity (Wildman–Crippen MR) is 63.1 cm³/mol. The molecular formula is C13H25NO. The molecule has 2 bridgehead atoms. The average Bonchev–Trinajstić information content (AvgIpc) is 2.85. The maximum absolute atomic E-state index is 5.82. The summed E-state index contributed by atoms with van der Waals surface area (Å²) in [4.78, 5) is 0. The van der Waals surface area contributed by atoms with Gasteiger partial charge in [-0.25, -0.2) is 0 Å². The van der Waals surface area contributed by atoms with Gasteiger partial charge in [0.15, 0.2) is 0 Å². The first kappa shape index (κ1) is 11.4. The Labute approximate surface area is 93.8 Å². The molecule has 3 atom stereocenters. The fraction of sp³-hybridized carbons (Fsp3) is 1.00. The van der Waals surface area contributed by atoms with Crippen LogP contribution < -0.4 is 5.32 Å². The molecule has 2 heterocycles. The first-order valence-corrected chi connectivity index (χ1v) is 6.79. The van der Waals surface area contributed by atoms with Crippen molar-refractivity contribution in [3.63, 3.8) is 0 Å². The lowest BCUT2D eigenvalue weighted by atomic mass is 9.95. The highest BCUT2D eigenvalue weighted by Gasteiger charge is 2.40. The van der Waals surface area contributed by atoms with Gasteiger partial charge in [-0.1, -0.05) is 32.6 Å². The highest BCUT2D eigenvalue weighted by molar-refractivity contribution is 4.93. The number of nitrogens with one attached hydrogen (secondary N) is 1. The Bertz CT molecular complexity index is 183. The summed E-state index contributed by atoms with van der Waals surface area (Å²) < 4.78 is 5.82. The number of unbranched alkanes of at least 4 members (excludes halogenated alkanes) is 4. The normalized spacial score (nSPS) is 33.8. The van der Waals surface area contributed by atoms with Crippen molar-refractivity contribution in [3.05, 3.63) is 0 Å². The van der Waals surface area contributed by atoms with E-state index in [-0.39, 0.29) is 0 Å². The van der Waals surface area contributed by atoms with Crippen molar-refractivity contribution in [2.24, 2.45) is 0 Å². The zero-order chi connectivity index (χ0) is 10.5. The quantitative estimate of drug-likeness (QED) is 0.654. The first-order valence-electron chi connectivity index (χ1n) is 6.79. The third kappa shape index (κ3) is 3.18. The van der Waals surface area contributed by atoms with Crippen LogP contribution in [0.15, 0.2) is 0 Å². The number of rotatable bonds is 7. The molecule has 2 aliphatic rings. The average molecular weight is 211 g/mol. The minimum Gasteiger partial charge on any atom is -0.373 e. The second-order valence-corrected chi connectivity index (χ2v) is 5.08. The van der Waals surface area contributed by atoms with Crippen molar-refractivity contribution < 1.29 is 4.74 Å². The summed E-state index contributed by atoms with van der Waals surface area (Å²) in [7, 11) is 0. The molecule has 3 unspecified atom stereocenters. The van der Waals surface area contributed by atoms with Crippen molar-refractivity contribution in [2.45, 2.75) is 76.5 Å². The van der Waals surface area contributed by atoms with Gasteiger partial charge < -0.3 is 10.1 Å². The van der Waals surface area contributed by atoms with E-state index in [0.717, 1.165) is 0 Å².